The van der Waals surface area contributed by atoms with Crippen LogP contribution in [0.15, 0.2) is 30.5 Å². The van der Waals surface area contributed by atoms with Gasteiger partial charge in [-0.1, -0.05) is 36.4 Å². The van der Waals surface area contributed by atoms with Crippen molar-refractivity contribution >= 4 is 15.9 Å². The third-order valence-corrected chi connectivity index (χ3v) is 7.84. The zero-order valence-electron chi connectivity index (χ0n) is 16.7. The molecule has 0 bridgehead atoms. The van der Waals surface area contributed by atoms with E-state index in [1.54, 1.807) is 20.1 Å². The molecule has 1 amide bonds. The van der Waals surface area contributed by atoms with Gasteiger partial charge in [0, 0.05) is 25.7 Å². The number of carbonyl (C=O) groups is 1. The van der Waals surface area contributed by atoms with E-state index in [1.807, 2.05) is 19.1 Å². The zero-order valence-corrected chi connectivity index (χ0v) is 17.5. The van der Waals surface area contributed by atoms with E-state index < -0.39 is 10.0 Å². The molecule has 9 heteroatoms. The average Bonchev–Trinajstić information content (AvgIpc) is 3.37. The first-order chi connectivity index (χ1) is 14.0. The lowest BCUT2D eigenvalue weighted by molar-refractivity contribution is 0.0728. The molecule has 2 aromatic rings. The fourth-order valence-corrected chi connectivity index (χ4v) is 6.05. The summed E-state index contributed by atoms with van der Waals surface area (Å²) in [7, 11) is -3.24. The van der Waals surface area contributed by atoms with Crippen LogP contribution in [-0.4, -0.2) is 63.4 Å². The van der Waals surface area contributed by atoms with Crippen LogP contribution in [0.2, 0.25) is 0 Å². The summed E-state index contributed by atoms with van der Waals surface area (Å²) in [6, 6.07) is 8.04. The first-order valence-corrected chi connectivity index (χ1v) is 11.8. The van der Waals surface area contributed by atoms with Gasteiger partial charge in [0.15, 0.2) is 5.69 Å². The molecule has 0 saturated carbocycles. The first-order valence-electron chi connectivity index (χ1n) is 10.2. The Labute approximate surface area is 171 Å². The Morgan fingerprint density at radius 1 is 1.21 bits per heavy atom. The van der Waals surface area contributed by atoms with E-state index in [9.17, 15) is 13.2 Å². The van der Waals surface area contributed by atoms with Crippen molar-refractivity contribution < 1.29 is 13.2 Å². The molecule has 3 heterocycles. The minimum Gasteiger partial charge on any atom is -0.333 e. The van der Waals surface area contributed by atoms with Crippen LogP contribution in [0.1, 0.15) is 47.8 Å². The summed E-state index contributed by atoms with van der Waals surface area (Å²) in [5, 5.41) is 8.17. The third kappa shape index (κ3) is 4.20. The number of benzene rings is 1. The Kier molecular flexibility index (Phi) is 5.69. The second kappa shape index (κ2) is 8.23. The Bertz CT molecular complexity index is 988. The summed E-state index contributed by atoms with van der Waals surface area (Å²) < 4.78 is 28.2. The predicted octanol–water partition coefficient (Wildman–Crippen LogP) is 1.68. The summed E-state index contributed by atoms with van der Waals surface area (Å²) in [6.45, 7) is 4.09. The molecule has 0 spiro atoms. The van der Waals surface area contributed by atoms with E-state index in [1.165, 1.54) is 11.1 Å². The van der Waals surface area contributed by atoms with Gasteiger partial charge in [0.2, 0.25) is 10.0 Å². The van der Waals surface area contributed by atoms with Crippen molar-refractivity contribution in [3.05, 3.63) is 47.3 Å². The molecular formula is C20H27N5O3S. The van der Waals surface area contributed by atoms with Crippen molar-refractivity contribution in [2.24, 2.45) is 0 Å². The highest BCUT2D eigenvalue weighted by Crippen LogP contribution is 2.23. The molecule has 1 atom stereocenters. The molecular weight excluding hydrogens is 390 g/mol. The van der Waals surface area contributed by atoms with Crippen LogP contribution in [0.3, 0.4) is 0 Å². The molecule has 156 valence electrons. The summed E-state index contributed by atoms with van der Waals surface area (Å²) in [5.74, 6) is 0.0359. The maximum atomic E-state index is 12.9. The molecule has 0 aliphatic carbocycles. The Morgan fingerprint density at radius 3 is 2.79 bits per heavy atom. The molecule has 0 N–H and O–H groups in total. The van der Waals surface area contributed by atoms with Crippen molar-refractivity contribution in [1.29, 1.82) is 0 Å². The van der Waals surface area contributed by atoms with Crippen LogP contribution in [0.5, 0.6) is 0 Å². The van der Waals surface area contributed by atoms with Gasteiger partial charge in [-0.15, -0.1) is 5.10 Å². The van der Waals surface area contributed by atoms with E-state index in [0.717, 1.165) is 19.3 Å². The highest BCUT2D eigenvalue weighted by molar-refractivity contribution is 7.89. The van der Waals surface area contributed by atoms with E-state index in [2.05, 4.69) is 22.4 Å². The Balaban J connectivity index is 1.43. The van der Waals surface area contributed by atoms with Gasteiger partial charge in [-0.25, -0.2) is 8.42 Å². The normalized spacial score (nSPS) is 20.0. The number of fused-ring (bicyclic) bond motifs is 1. The van der Waals surface area contributed by atoms with Crippen molar-refractivity contribution in [3.8, 4) is 0 Å². The average molecular weight is 418 g/mol. The van der Waals surface area contributed by atoms with Gasteiger partial charge in [-0.2, -0.15) is 4.31 Å². The van der Waals surface area contributed by atoms with E-state index in [0.29, 0.717) is 38.3 Å². The molecule has 1 aromatic heterocycles. The molecule has 4 rings (SSSR count). The smallest absolute Gasteiger partial charge is 0.276 e. The summed E-state index contributed by atoms with van der Waals surface area (Å²) in [5.41, 5.74) is 2.77. The van der Waals surface area contributed by atoms with Crippen molar-refractivity contribution in [2.75, 3.05) is 18.8 Å². The number of aromatic nitrogens is 3. The highest BCUT2D eigenvalue weighted by atomic mass is 32.2. The maximum Gasteiger partial charge on any atom is 0.276 e. The minimum atomic E-state index is -3.24. The first kappa shape index (κ1) is 20.0. The predicted molar refractivity (Wildman–Crippen MR) is 109 cm³/mol. The van der Waals surface area contributed by atoms with E-state index in [-0.39, 0.29) is 17.7 Å². The van der Waals surface area contributed by atoms with Crippen LogP contribution in [0.25, 0.3) is 0 Å². The topological polar surface area (TPSA) is 88.4 Å². The highest BCUT2D eigenvalue weighted by Gasteiger charge is 2.34. The minimum absolute atomic E-state index is 0.127. The fourth-order valence-electron chi connectivity index (χ4n) is 4.27. The number of rotatable bonds is 6. The fraction of sp³-hybridized carbons (Fsp3) is 0.550. The van der Waals surface area contributed by atoms with Gasteiger partial charge < -0.3 is 4.90 Å². The van der Waals surface area contributed by atoms with Gasteiger partial charge in [0.25, 0.3) is 5.91 Å². The van der Waals surface area contributed by atoms with E-state index in [4.69, 9.17) is 0 Å². The molecule has 1 fully saturated rings. The number of nitrogens with zero attached hydrogens (tertiary/aromatic N) is 5. The second-order valence-corrected chi connectivity index (χ2v) is 9.84. The van der Waals surface area contributed by atoms with Crippen molar-refractivity contribution in [3.63, 3.8) is 0 Å². The SMILES string of the molecule is CCCS(=O)(=O)N1CCC[C@H]1Cn1cc(C(=O)N2CCc3ccccc3C2)nn1. The molecule has 8 nitrogen and oxygen atoms in total. The lowest BCUT2D eigenvalue weighted by Gasteiger charge is -2.28. The molecule has 0 radical (unpaired) electrons. The van der Waals surface area contributed by atoms with Crippen LogP contribution in [-0.2, 0) is 29.5 Å². The van der Waals surface area contributed by atoms with Crippen molar-refractivity contribution in [2.45, 2.75) is 51.7 Å². The molecule has 29 heavy (non-hydrogen) atoms. The zero-order chi connectivity index (χ0) is 20.4. The number of hydrogen-bond acceptors (Lipinski definition) is 5. The maximum absolute atomic E-state index is 12.9. The Morgan fingerprint density at radius 2 is 2.00 bits per heavy atom. The van der Waals surface area contributed by atoms with Gasteiger partial charge in [-0.05, 0) is 36.8 Å². The lowest BCUT2D eigenvalue weighted by Crippen LogP contribution is -2.39. The summed E-state index contributed by atoms with van der Waals surface area (Å²) in [6.07, 6.45) is 4.73. The van der Waals surface area contributed by atoms with Gasteiger partial charge >= 0.3 is 0 Å². The molecule has 2 aliphatic heterocycles. The van der Waals surface area contributed by atoms with Crippen LogP contribution in [0.4, 0.5) is 0 Å². The Hall–Kier alpha value is -2.26. The third-order valence-electron chi connectivity index (χ3n) is 5.72. The quantitative estimate of drug-likeness (QED) is 0.714. The summed E-state index contributed by atoms with van der Waals surface area (Å²) >= 11 is 0. The van der Waals surface area contributed by atoms with Gasteiger partial charge in [0.05, 0.1) is 18.5 Å². The summed E-state index contributed by atoms with van der Waals surface area (Å²) in [4.78, 5) is 14.7. The van der Waals surface area contributed by atoms with Gasteiger partial charge in [0.1, 0.15) is 0 Å². The van der Waals surface area contributed by atoms with Crippen LogP contribution in [0, 0.1) is 0 Å². The lowest BCUT2D eigenvalue weighted by atomic mass is 10.00. The number of hydrogen-bond donors (Lipinski definition) is 0. The molecule has 0 unspecified atom stereocenters. The van der Waals surface area contributed by atoms with E-state index >= 15 is 0 Å². The number of amides is 1. The second-order valence-electron chi connectivity index (χ2n) is 7.79. The van der Waals surface area contributed by atoms with Gasteiger partial charge in [-0.3, -0.25) is 9.48 Å². The molecule has 2 aliphatic rings. The van der Waals surface area contributed by atoms with Crippen molar-refractivity contribution in [1.82, 2.24) is 24.2 Å². The standard InChI is InChI=1S/C20H27N5O3S/c1-2-12-29(27,28)25-10-5-8-18(25)14-24-15-19(21-22-24)20(26)23-11-9-16-6-3-4-7-17(16)13-23/h3-4,6-7,15,18H,2,5,8-14H2,1H3/t18-/m0/s1. The molecule has 1 aromatic carbocycles. The van der Waals surface area contributed by atoms with Crippen LogP contribution >= 0.6 is 0 Å². The monoisotopic (exact) mass is 417 g/mol. The molecule has 1 saturated heterocycles. The van der Waals surface area contributed by atoms with Crippen LogP contribution < -0.4 is 0 Å². The number of sulfonamides is 1. The largest absolute Gasteiger partial charge is 0.333 e. The number of carbonyl (C=O) groups excluding carboxylic acids is 1.